The molecule has 0 N–H and O–H groups in total. The zero-order valence-corrected chi connectivity index (χ0v) is 10.4. The Balaban J connectivity index is 3.53. The van der Waals surface area contributed by atoms with Gasteiger partial charge >= 0.3 is 6.61 Å². The van der Waals surface area contributed by atoms with Gasteiger partial charge in [0.2, 0.25) is 0 Å². The van der Waals surface area contributed by atoms with Crippen LogP contribution in [0.1, 0.15) is 5.56 Å². The van der Waals surface area contributed by atoms with Crippen molar-refractivity contribution in [3.63, 3.8) is 0 Å². The molecule has 0 radical (unpaired) electrons. The largest absolute Gasteiger partial charge is 0.433 e. The summed E-state index contributed by atoms with van der Waals surface area (Å²) in [5, 5.41) is 8.74. The molecule has 0 bridgehead atoms. The normalized spacial score (nSPS) is 11.3. The number of thiol groups is 1. The van der Waals surface area contributed by atoms with Crippen molar-refractivity contribution in [3.05, 3.63) is 17.7 Å². The molecule has 0 aromatic heterocycles. The van der Waals surface area contributed by atoms with Crippen LogP contribution in [0.25, 0.3) is 0 Å². The van der Waals surface area contributed by atoms with E-state index in [1.807, 2.05) is 0 Å². The average molecular weight is 300 g/mol. The summed E-state index contributed by atoms with van der Waals surface area (Å²) in [6, 6.07) is 3.42. The van der Waals surface area contributed by atoms with E-state index in [1.165, 1.54) is 6.07 Å². The molecule has 0 atom stereocenters. The van der Waals surface area contributed by atoms with Gasteiger partial charge in [-0.05, 0) is 12.1 Å². The summed E-state index contributed by atoms with van der Waals surface area (Å²) < 4.78 is 50.4. The Bertz CT molecular complexity index is 583. The summed E-state index contributed by atoms with van der Waals surface area (Å²) in [7, 11) is 0.817. The van der Waals surface area contributed by atoms with Crippen LogP contribution in [-0.2, 0) is 9.05 Å². The van der Waals surface area contributed by atoms with E-state index in [2.05, 4.69) is 17.4 Å². The van der Waals surface area contributed by atoms with Gasteiger partial charge in [-0.25, -0.2) is 8.42 Å². The monoisotopic (exact) mass is 299 g/mol. The maximum atomic E-state index is 12.1. The van der Waals surface area contributed by atoms with Crippen LogP contribution in [0.4, 0.5) is 8.78 Å². The molecule has 0 aliphatic heterocycles. The molecule has 0 saturated heterocycles. The molecule has 1 aromatic carbocycles. The van der Waals surface area contributed by atoms with E-state index in [9.17, 15) is 17.2 Å². The minimum absolute atomic E-state index is 0.0267. The molecular formula is C8H4ClF2NO3S2. The van der Waals surface area contributed by atoms with Gasteiger partial charge in [0.05, 0.1) is 0 Å². The summed E-state index contributed by atoms with van der Waals surface area (Å²) in [5.74, 6) is -0.589. The summed E-state index contributed by atoms with van der Waals surface area (Å²) in [6.07, 6.45) is 0. The van der Waals surface area contributed by atoms with Gasteiger partial charge in [0.25, 0.3) is 9.05 Å². The highest BCUT2D eigenvalue weighted by Gasteiger charge is 2.22. The van der Waals surface area contributed by atoms with Gasteiger partial charge in [-0.15, -0.1) is 12.6 Å². The third-order valence-electron chi connectivity index (χ3n) is 1.64. The Labute approximate surface area is 106 Å². The van der Waals surface area contributed by atoms with Crippen molar-refractivity contribution >= 4 is 32.4 Å². The number of halogens is 3. The molecule has 0 saturated carbocycles. The Morgan fingerprint density at radius 2 is 2.06 bits per heavy atom. The molecule has 1 aromatic rings. The lowest BCUT2D eigenvalue weighted by molar-refractivity contribution is -0.0503. The molecular weight excluding hydrogens is 296 g/mol. The smallest absolute Gasteiger partial charge is 0.387 e. The highest BCUT2D eigenvalue weighted by atomic mass is 35.7. The van der Waals surface area contributed by atoms with Crippen LogP contribution in [0.15, 0.2) is 21.9 Å². The SMILES string of the molecule is N#Cc1c(OC(F)F)cc(S)cc1S(=O)(=O)Cl. The van der Waals surface area contributed by atoms with Crippen molar-refractivity contribution in [2.75, 3.05) is 0 Å². The van der Waals surface area contributed by atoms with E-state index in [-0.39, 0.29) is 4.90 Å². The fraction of sp³-hybridized carbons (Fsp3) is 0.125. The summed E-state index contributed by atoms with van der Waals surface area (Å²) in [4.78, 5) is -0.594. The molecule has 92 valence electrons. The van der Waals surface area contributed by atoms with E-state index in [1.54, 1.807) is 0 Å². The first-order chi connectivity index (χ1) is 7.75. The highest BCUT2D eigenvalue weighted by molar-refractivity contribution is 8.13. The molecule has 0 fully saturated rings. The summed E-state index contributed by atoms with van der Waals surface area (Å²) in [6.45, 7) is -3.19. The Morgan fingerprint density at radius 3 is 2.47 bits per heavy atom. The van der Waals surface area contributed by atoms with E-state index >= 15 is 0 Å². The molecule has 0 heterocycles. The van der Waals surface area contributed by atoms with Crippen molar-refractivity contribution in [2.24, 2.45) is 0 Å². The van der Waals surface area contributed by atoms with E-state index in [0.717, 1.165) is 12.1 Å². The average Bonchev–Trinajstić information content (AvgIpc) is 2.14. The number of benzene rings is 1. The van der Waals surface area contributed by atoms with Gasteiger partial charge in [-0.3, -0.25) is 0 Å². The van der Waals surface area contributed by atoms with Crippen LogP contribution < -0.4 is 4.74 Å². The second-order valence-electron chi connectivity index (χ2n) is 2.75. The predicted molar refractivity (Wildman–Crippen MR) is 58.1 cm³/mol. The first-order valence-electron chi connectivity index (χ1n) is 3.92. The molecule has 17 heavy (non-hydrogen) atoms. The Kier molecular flexibility index (Phi) is 4.19. The van der Waals surface area contributed by atoms with Gasteiger partial charge in [0.15, 0.2) is 0 Å². The summed E-state index contributed by atoms with van der Waals surface area (Å²) >= 11 is 3.81. The Morgan fingerprint density at radius 1 is 1.47 bits per heavy atom. The van der Waals surface area contributed by atoms with Gasteiger partial charge in [-0.1, -0.05) is 0 Å². The lowest BCUT2D eigenvalue weighted by Gasteiger charge is -2.09. The Hall–Kier alpha value is -1.04. The van der Waals surface area contributed by atoms with Crippen molar-refractivity contribution < 1.29 is 21.9 Å². The molecule has 0 unspecified atom stereocenters. The van der Waals surface area contributed by atoms with Crippen LogP contribution in [0, 0.1) is 11.3 Å². The van der Waals surface area contributed by atoms with Gasteiger partial charge in [0.1, 0.15) is 22.3 Å². The number of alkyl halides is 2. The van der Waals surface area contributed by atoms with Gasteiger partial charge < -0.3 is 4.74 Å². The molecule has 0 amide bonds. The van der Waals surface area contributed by atoms with Crippen LogP contribution in [0.5, 0.6) is 5.75 Å². The second-order valence-corrected chi connectivity index (χ2v) is 5.80. The predicted octanol–water partition coefficient (Wildman–Crippen LogP) is 2.38. The zero-order valence-electron chi connectivity index (χ0n) is 7.89. The third-order valence-corrected chi connectivity index (χ3v) is 3.25. The minimum atomic E-state index is -4.25. The number of ether oxygens (including phenoxy) is 1. The molecule has 0 spiro atoms. The fourth-order valence-corrected chi connectivity index (χ4v) is 2.42. The topological polar surface area (TPSA) is 67.2 Å². The van der Waals surface area contributed by atoms with E-state index in [0.29, 0.717) is 0 Å². The van der Waals surface area contributed by atoms with Crippen molar-refractivity contribution in [1.29, 1.82) is 5.26 Å². The molecule has 1 rings (SSSR count). The molecule has 9 heteroatoms. The lowest BCUT2D eigenvalue weighted by atomic mass is 10.2. The zero-order chi connectivity index (χ0) is 13.2. The maximum Gasteiger partial charge on any atom is 0.387 e. The third kappa shape index (κ3) is 3.46. The number of rotatable bonds is 3. The summed E-state index contributed by atoms with van der Waals surface area (Å²) in [5.41, 5.74) is -0.585. The van der Waals surface area contributed by atoms with Crippen LogP contribution in [0.2, 0.25) is 0 Å². The van der Waals surface area contributed by atoms with Crippen molar-refractivity contribution in [1.82, 2.24) is 0 Å². The number of hydrogen-bond acceptors (Lipinski definition) is 5. The quantitative estimate of drug-likeness (QED) is 0.687. The first kappa shape index (κ1) is 14.0. The highest BCUT2D eigenvalue weighted by Crippen LogP contribution is 2.31. The molecule has 4 nitrogen and oxygen atoms in total. The van der Waals surface area contributed by atoms with Gasteiger partial charge in [-0.2, -0.15) is 14.0 Å². The van der Waals surface area contributed by atoms with Crippen molar-refractivity contribution in [2.45, 2.75) is 16.4 Å². The van der Waals surface area contributed by atoms with Crippen molar-refractivity contribution in [3.8, 4) is 11.8 Å². The lowest BCUT2D eigenvalue weighted by Crippen LogP contribution is -2.06. The second kappa shape index (κ2) is 5.08. The van der Waals surface area contributed by atoms with Crippen LogP contribution in [-0.4, -0.2) is 15.0 Å². The first-order valence-corrected chi connectivity index (χ1v) is 6.68. The maximum absolute atomic E-state index is 12.1. The van der Waals surface area contributed by atoms with E-state index in [4.69, 9.17) is 15.9 Å². The standard InChI is InChI=1S/C8H4ClF2NO3S2/c9-17(13,14)7-2-4(16)1-6(5(7)3-12)15-8(10)11/h1-2,8,16H. The number of nitriles is 1. The minimum Gasteiger partial charge on any atom is -0.433 e. The number of nitrogens with zero attached hydrogens (tertiary/aromatic N) is 1. The van der Waals surface area contributed by atoms with E-state index < -0.39 is 31.9 Å². The molecule has 0 aliphatic rings. The number of hydrogen-bond donors (Lipinski definition) is 1. The molecule has 0 aliphatic carbocycles. The van der Waals surface area contributed by atoms with Gasteiger partial charge in [0, 0.05) is 15.6 Å². The van der Waals surface area contributed by atoms with Crippen LogP contribution >= 0.6 is 23.3 Å². The van der Waals surface area contributed by atoms with Crippen LogP contribution in [0.3, 0.4) is 0 Å². The fourth-order valence-electron chi connectivity index (χ4n) is 1.07.